The zero-order chi connectivity index (χ0) is 17.2. The van der Waals surface area contributed by atoms with Crippen molar-refractivity contribution < 1.29 is 9.59 Å². The molecule has 1 N–H and O–H groups in total. The molecule has 2 aliphatic carbocycles. The summed E-state index contributed by atoms with van der Waals surface area (Å²) in [6, 6.07) is 5.69. The molecule has 2 saturated carbocycles. The van der Waals surface area contributed by atoms with Crippen LogP contribution in [-0.2, 0) is 4.79 Å². The van der Waals surface area contributed by atoms with Crippen molar-refractivity contribution in [1.29, 1.82) is 0 Å². The van der Waals surface area contributed by atoms with E-state index in [2.05, 4.69) is 10.3 Å². The Hall–Kier alpha value is -2.43. The second-order valence-electron chi connectivity index (χ2n) is 7.90. The first-order valence-electron chi connectivity index (χ1n) is 9.08. The van der Waals surface area contributed by atoms with Gasteiger partial charge in [0.1, 0.15) is 5.54 Å². The van der Waals surface area contributed by atoms with Crippen molar-refractivity contribution in [3.63, 3.8) is 0 Å². The predicted molar refractivity (Wildman–Crippen MR) is 95.3 cm³/mol. The summed E-state index contributed by atoms with van der Waals surface area (Å²) >= 11 is 0. The number of carbonyl (C=O) groups is 2. The molecule has 0 bridgehead atoms. The average molecular weight is 335 g/mol. The fourth-order valence-electron chi connectivity index (χ4n) is 4.64. The van der Waals surface area contributed by atoms with Gasteiger partial charge in [0.2, 0.25) is 0 Å². The summed E-state index contributed by atoms with van der Waals surface area (Å²) in [5, 5.41) is 4.82. The molecule has 1 saturated heterocycles. The number of carbonyl (C=O) groups excluding carboxylic acids is 2. The van der Waals surface area contributed by atoms with Crippen molar-refractivity contribution in [1.82, 2.24) is 10.3 Å². The summed E-state index contributed by atoms with van der Waals surface area (Å²) in [5.41, 5.74) is 1.01. The average Bonchev–Trinajstić information content (AvgIpc) is 2.76. The summed E-state index contributed by atoms with van der Waals surface area (Å²) in [6.45, 7) is 2.01. The van der Waals surface area contributed by atoms with Gasteiger partial charge in [-0.3, -0.25) is 9.78 Å². The lowest BCUT2D eigenvalue weighted by atomic mass is 9.58. The van der Waals surface area contributed by atoms with E-state index < -0.39 is 5.54 Å². The van der Waals surface area contributed by atoms with Gasteiger partial charge in [-0.25, -0.2) is 9.69 Å². The molecular formula is C20H21N3O2. The highest BCUT2D eigenvalue weighted by Crippen LogP contribution is 2.51. The molecule has 25 heavy (non-hydrogen) atoms. The number of nitrogens with zero attached hydrogens (tertiary/aromatic N) is 2. The number of nitrogens with one attached hydrogen (secondary N) is 1. The van der Waals surface area contributed by atoms with Crippen molar-refractivity contribution in [2.45, 2.75) is 44.6 Å². The summed E-state index contributed by atoms with van der Waals surface area (Å²) < 4.78 is 0. The van der Waals surface area contributed by atoms with E-state index >= 15 is 0 Å². The molecule has 0 atom stereocenters. The largest absolute Gasteiger partial charge is 0.329 e. The Morgan fingerprint density at radius 1 is 1.16 bits per heavy atom. The number of anilines is 1. The van der Waals surface area contributed by atoms with Gasteiger partial charge in [-0.15, -0.1) is 0 Å². The van der Waals surface area contributed by atoms with Crippen LogP contribution in [-0.4, -0.2) is 22.5 Å². The van der Waals surface area contributed by atoms with Crippen molar-refractivity contribution in [3.8, 4) is 0 Å². The number of aryl methyl sites for hydroxylation is 1. The standard InChI is InChI=1S/C20H21N3O2/c1-12-5-6-14-10-21-11-17(16(14)7-12)23-18(24)20(22-19(23)25)8-15(9-20)13-3-2-4-13/h5-7,10-11,13,15H,2-4,8-9H2,1H3,(H,22,25). The quantitative estimate of drug-likeness (QED) is 0.854. The second kappa shape index (κ2) is 5.04. The number of amides is 3. The van der Waals surface area contributed by atoms with E-state index in [0.29, 0.717) is 11.6 Å². The van der Waals surface area contributed by atoms with Gasteiger partial charge in [-0.1, -0.05) is 37.0 Å². The fraction of sp³-hybridized carbons (Fsp3) is 0.450. The Morgan fingerprint density at radius 2 is 1.96 bits per heavy atom. The Balaban J connectivity index is 1.50. The van der Waals surface area contributed by atoms with Gasteiger partial charge in [0, 0.05) is 17.0 Å². The van der Waals surface area contributed by atoms with Crippen LogP contribution in [0, 0.1) is 18.8 Å². The first kappa shape index (κ1) is 14.9. The van der Waals surface area contributed by atoms with Crippen LogP contribution in [0.4, 0.5) is 10.5 Å². The number of rotatable bonds is 2. The first-order valence-corrected chi connectivity index (χ1v) is 9.08. The molecule has 5 heteroatoms. The normalized spacial score (nSPS) is 29.0. The molecule has 2 heterocycles. The van der Waals surface area contributed by atoms with Crippen LogP contribution < -0.4 is 10.2 Å². The Bertz CT molecular complexity index is 897. The molecule has 3 fully saturated rings. The highest BCUT2D eigenvalue weighted by Gasteiger charge is 2.60. The topological polar surface area (TPSA) is 62.3 Å². The number of pyridine rings is 1. The zero-order valence-corrected chi connectivity index (χ0v) is 14.3. The van der Waals surface area contributed by atoms with Crippen molar-refractivity contribution in [3.05, 3.63) is 36.2 Å². The number of hydrogen-bond donors (Lipinski definition) is 1. The SMILES string of the molecule is Cc1ccc2cncc(N3C(=O)NC4(CC(C5CCC5)C4)C3=O)c2c1. The Kier molecular flexibility index (Phi) is 3.00. The monoisotopic (exact) mass is 335 g/mol. The van der Waals surface area contributed by atoms with E-state index in [-0.39, 0.29) is 11.9 Å². The molecule has 2 aromatic rings. The van der Waals surface area contributed by atoms with Gasteiger partial charge in [0.05, 0.1) is 11.9 Å². The summed E-state index contributed by atoms with van der Waals surface area (Å²) in [5.74, 6) is 1.24. The van der Waals surface area contributed by atoms with Crippen LogP contribution >= 0.6 is 0 Å². The van der Waals surface area contributed by atoms with E-state index in [0.717, 1.165) is 35.1 Å². The van der Waals surface area contributed by atoms with Crippen LogP contribution in [0.1, 0.15) is 37.7 Å². The predicted octanol–water partition coefficient (Wildman–Crippen LogP) is 3.55. The summed E-state index contributed by atoms with van der Waals surface area (Å²) in [7, 11) is 0. The van der Waals surface area contributed by atoms with Gasteiger partial charge in [0.25, 0.3) is 5.91 Å². The third-order valence-corrected chi connectivity index (χ3v) is 6.34. The summed E-state index contributed by atoms with van der Waals surface area (Å²) in [6.07, 6.45) is 8.83. The molecule has 128 valence electrons. The van der Waals surface area contributed by atoms with Gasteiger partial charge < -0.3 is 5.32 Å². The van der Waals surface area contributed by atoms with Gasteiger partial charge in [0.15, 0.2) is 0 Å². The number of imide groups is 1. The van der Waals surface area contributed by atoms with E-state index in [1.165, 1.54) is 24.2 Å². The van der Waals surface area contributed by atoms with E-state index in [9.17, 15) is 9.59 Å². The number of benzene rings is 1. The zero-order valence-electron chi connectivity index (χ0n) is 14.3. The van der Waals surface area contributed by atoms with E-state index in [1.54, 1.807) is 12.4 Å². The number of aromatic nitrogens is 1. The third-order valence-electron chi connectivity index (χ3n) is 6.34. The van der Waals surface area contributed by atoms with E-state index in [4.69, 9.17) is 0 Å². The fourth-order valence-corrected chi connectivity index (χ4v) is 4.64. The maximum absolute atomic E-state index is 13.1. The maximum Gasteiger partial charge on any atom is 0.329 e. The van der Waals surface area contributed by atoms with Crippen LogP contribution in [0.25, 0.3) is 10.8 Å². The third kappa shape index (κ3) is 2.04. The maximum atomic E-state index is 13.1. The minimum Gasteiger partial charge on any atom is -0.323 e. The minimum absolute atomic E-state index is 0.108. The smallest absolute Gasteiger partial charge is 0.323 e. The highest BCUT2D eigenvalue weighted by molar-refractivity contribution is 6.26. The molecule has 1 aromatic heterocycles. The number of hydrogen-bond acceptors (Lipinski definition) is 3. The number of fused-ring (bicyclic) bond motifs is 1. The molecule has 0 radical (unpaired) electrons. The molecule has 1 spiro atoms. The van der Waals surface area contributed by atoms with Crippen molar-refractivity contribution in [2.75, 3.05) is 4.90 Å². The molecule has 0 unspecified atom stereocenters. The van der Waals surface area contributed by atoms with Gasteiger partial charge in [-0.2, -0.15) is 0 Å². The lowest BCUT2D eigenvalue weighted by Crippen LogP contribution is -2.59. The molecule has 5 nitrogen and oxygen atoms in total. The van der Waals surface area contributed by atoms with Crippen molar-refractivity contribution in [2.24, 2.45) is 11.8 Å². The lowest BCUT2D eigenvalue weighted by Gasteiger charge is -2.49. The Morgan fingerprint density at radius 3 is 2.68 bits per heavy atom. The second-order valence-corrected chi connectivity index (χ2v) is 7.90. The van der Waals surface area contributed by atoms with Gasteiger partial charge >= 0.3 is 6.03 Å². The molecular weight excluding hydrogens is 314 g/mol. The number of urea groups is 1. The van der Waals surface area contributed by atoms with Gasteiger partial charge in [-0.05, 0) is 37.7 Å². The minimum atomic E-state index is -0.677. The molecule has 1 aliphatic heterocycles. The molecule has 3 amide bonds. The molecule has 3 aliphatic rings. The van der Waals surface area contributed by atoms with Crippen LogP contribution in [0.2, 0.25) is 0 Å². The Labute approximate surface area is 146 Å². The van der Waals surface area contributed by atoms with Crippen LogP contribution in [0.15, 0.2) is 30.6 Å². The molecule has 1 aromatic carbocycles. The van der Waals surface area contributed by atoms with E-state index in [1.807, 2.05) is 25.1 Å². The van der Waals surface area contributed by atoms with Crippen LogP contribution in [0.5, 0.6) is 0 Å². The highest BCUT2D eigenvalue weighted by atomic mass is 16.2. The van der Waals surface area contributed by atoms with Crippen molar-refractivity contribution >= 4 is 28.4 Å². The first-order chi connectivity index (χ1) is 12.1. The van der Waals surface area contributed by atoms with Crippen LogP contribution in [0.3, 0.4) is 0 Å². The summed E-state index contributed by atoms with van der Waals surface area (Å²) in [4.78, 5) is 31.3. The lowest BCUT2D eigenvalue weighted by molar-refractivity contribution is -0.128. The molecule has 5 rings (SSSR count).